The molecule has 0 unspecified atom stereocenters. The van der Waals surface area contributed by atoms with E-state index in [4.69, 9.17) is 3.87 Å². The van der Waals surface area contributed by atoms with Gasteiger partial charge in [0.15, 0.2) is 0 Å². The first-order valence-electron chi connectivity index (χ1n) is 0.136. The van der Waals surface area contributed by atoms with Gasteiger partial charge in [0.25, 0.3) is 0 Å². The normalized spacial score (nSPS) is 1.00. The fourth-order valence-electron chi connectivity index (χ4n) is 0. The van der Waals surface area contributed by atoms with Crippen molar-refractivity contribution in [2.24, 2.45) is 0 Å². The minimum absolute atomic E-state index is 0. The van der Waals surface area contributed by atoms with Crippen LogP contribution in [-0.2, 0) is 36.0 Å². The molecule has 0 heterocycles. The monoisotopic (exact) mass is 167 g/mol. The van der Waals surface area contributed by atoms with Crippen molar-refractivity contribution >= 4 is 36.2 Å². The molecule has 0 aliphatic heterocycles. The van der Waals surface area contributed by atoms with E-state index in [1.165, 1.54) is 0 Å². The average molecular weight is 168 g/mol. The molecule has 0 amide bonds. The predicted molar refractivity (Wildman–Crippen MR) is 12.2 cm³/mol. The van der Waals surface area contributed by atoms with E-state index < -0.39 is 0 Å². The SMILES string of the molecule is [Al].[Li].[Ni].[O]=[Co]. The fourth-order valence-corrected chi connectivity index (χ4v) is 0. The van der Waals surface area contributed by atoms with E-state index >= 15 is 0 Å². The van der Waals surface area contributed by atoms with E-state index in [-0.39, 0.29) is 52.7 Å². The summed E-state index contributed by atoms with van der Waals surface area (Å²) < 4.78 is 7.94. The van der Waals surface area contributed by atoms with Crippen LogP contribution in [0.1, 0.15) is 0 Å². The van der Waals surface area contributed by atoms with Gasteiger partial charge in [-0.25, -0.2) is 0 Å². The number of hydrogen-bond acceptors (Lipinski definition) is 1. The summed E-state index contributed by atoms with van der Waals surface area (Å²) in [4.78, 5) is 0. The van der Waals surface area contributed by atoms with E-state index in [2.05, 4.69) is 15.7 Å². The van der Waals surface area contributed by atoms with Crippen LogP contribution in [0.25, 0.3) is 0 Å². The summed E-state index contributed by atoms with van der Waals surface area (Å²) in [6, 6.07) is 0. The van der Waals surface area contributed by atoms with Gasteiger partial charge in [0.1, 0.15) is 0 Å². The minimum atomic E-state index is 0. The second-order valence-electron chi connectivity index (χ2n) is 0. The molecule has 0 saturated carbocycles. The Bertz CT molecular complexity index is 11.6. The number of rotatable bonds is 0. The molecule has 0 bridgehead atoms. The van der Waals surface area contributed by atoms with Gasteiger partial charge in [0.05, 0.1) is 0 Å². The summed E-state index contributed by atoms with van der Waals surface area (Å²) in [5.74, 6) is 0. The molecule has 0 aliphatic rings. The van der Waals surface area contributed by atoms with Crippen LogP contribution in [-0.4, -0.2) is 36.2 Å². The van der Waals surface area contributed by atoms with Crippen LogP contribution in [0.5, 0.6) is 0 Å². The Kier molecular flexibility index (Phi) is 220. The summed E-state index contributed by atoms with van der Waals surface area (Å²) in [6.07, 6.45) is 0. The molecule has 0 aliphatic carbocycles. The van der Waals surface area contributed by atoms with Crippen LogP contribution in [0.4, 0.5) is 0 Å². The molecule has 5 heteroatoms. The Morgan fingerprint density at radius 2 is 1.20 bits per heavy atom. The zero-order valence-electron chi connectivity index (χ0n) is 2.64. The molecule has 0 aromatic rings. The third-order valence-corrected chi connectivity index (χ3v) is 0. The standard InChI is InChI=1S/Al.Co.Li.Ni.O. The van der Waals surface area contributed by atoms with Crippen LogP contribution in [0.3, 0.4) is 0 Å². The van der Waals surface area contributed by atoms with Crippen molar-refractivity contribution in [2.45, 2.75) is 0 Å². The van der Waals surface area contributed by atoms with Crippen LogP contribution in [0.2, 0.25) is 0 Å². The average Bonchev–Trinajstić information content (AvgIpc) is 1.00. The Morgan fingerprint density at radius 3 is 1.20 bits per heavy atom. The zero-order valence-corrected chi connectivity index (χ0v) is 5.82. The summed E-state index contributed by atoms with van der Waals surface area (Å²) in [7, 11) is 0. The summed E-state index contributed by atoms with van der Waals surface area (Å²) in [6.45, 7) is 0. The molecular weight excluding hydrogens is 168 g/mol. The van der Waals surface area contributed by atoms with Gasteiger partial charge in [0, 0.05) is 52.7 Å². The first kappa shape index (κ1) is 28.4. The fraction of sp³-hybridized carbons (Fsp3) is 0. The van der Waals surface area contributed by atoms with Crippen LogP contribution in [0.15, 0.2) is 0 Å². The van der Waals surface area contributed by atoms with Crippen molar-refractivity contribution in [3.8, 4) is 0 Å². The first-order valence-corrected chi connectivity index (χ1v) is 0.561. The maximum atomic E-state index is 7.94. The Balaban J connectivity index is -0.00000000167. The molecule has 5 heavy (non-hydrogen) atoms. The van der Waals surface area contributed by atoms with Gasteiger partial charge >= 0.3 is 19.5 Å². The first-order chi connectivity index (χ1) is 1.00. The van der Waals surface area contributed by atoms with Crippen molar-refractivity contribution in [2.75, 3.05) is 0 Å². The van der Waals surface area contributed by atoms with Crippen molar-refractivity contribution in [3.05, 3.63) is 0 Å². The molecule has 0 fully saturated rings. The molecule has 0 rings (SSSR count). The van der Waals surface area contributed by atoms with Gasteiger partial charge in [-0.05, 0) is 0 Å². The Labute approximate surface area is 71.7 Å². The van der Waals surface area contributed by atoms with Crippen molar-refractivity contribution < 1.29 is 36.0 Å². The van der Waals surface area contributed by atoms with E-state index in [0.717, 1.165) is 0 Å². The third-order valence-electron chi connectivity index (χ3n) is 0. The molecule has 0 spiro atoms. The summed E-state index contributed by atoms with van der Waals surface area (Å²) in [5.41, 5.74) is 0. The van der Waals surface area contributed by atoms with Gasteiger partial charge < -0.3 is 0 Å². The van der Waals surface area contributed by atoms with Gasteiger partial charge in [-0.15, -0.1) is 0 Å². The van der Waals surface area contributed by atoms with E-state index in [1.54, 1.807) is 0 Å². The molecule has 0 aromatic carbocycles. The zero-order chi connectivity index (χ0) is 2.00. The molecule has 0 aromatic heterocycles. The maximum absolute atomic E-state index is 7.94. The third kappa shape index (κ3) is 24.6. The topological polar surface area (TPSA) is 17.1 Å². The van der Waals surface area contributed by atoms with E-state index in [9.17, 15) is 0 Å². The quantitative estimate of drug-likeness (QED) is 0.428. The second-order valence-corrected chi connectivity index (χ2v) is 0. The molecule has 1 nitrogen and oxygen atoms in total. The van der Waals surface area contributed by atoms with Crippen molar-refractivity contribution in [3.63, 3.8) is 0 Å². The van der Waals surface area contributed by atoms with Crippen LogP contribution < -0.4 is 0 Å². The molecule has 0 saturated heterocycles. The number of hydrogen-bond donors (Lipinski definition) is 0. The van der Waals surface area contributed by atoms with E-state index in [1.807, 2.05) is 0 Å². The van der Waals surface area contributed by atoms with Crippen LogP contribution in [0, 0.1) is 0 Å². The van der Waals surface area contributed by atoms with Gasteiger partial charge in [-0.1, -0.05) is 0 Å². The molecular formula is AlCoLiNiO. The Morgan fingerprint density at radius 1 is 1.20 bits per heavy atom. The molecule has 0 atom stereocenters. The molecule has 4 radical (unpaired) electrons. The summed E-state index contributed by atoms with van der Waals surface area (Å²) in [5, 5.41) is 0. The molecule has 0 N–H and O–H groups in total. The van der Waals surface area contributed by atoms with Crippen molar-refractivity contribution in [1.29, 1.82) is 0 Å². The van der Waals surface area contributed by atoms with Gasteiger partial charge in [-0.3, -0.25) is 0 Å². The van der Waals surface area contributed by atoms with Gasteiger partial charge in [-0.2, -0.15) is 0 Å². The summed E-state index contributed by atoms with van der Waals surface area (Å²) >= 11 is 2.31. The van der Waals surface area contributed by atoms with Gasteiger partial charge in [0.2, 0.25) is 0 Å². The Hall–Kier alpha value is 1.93. The van der Waals surface area contributed by atoms with Crippen LogP contribution >= 0.6 is 0 Å². The van der Waals surface area contributed by atoms with E-state index in [0.29, 0.717) is 0 Å². The second kappa shape index (κ2) is 38.7. The van der Waals surface area contributed by atoms with Crippen molar-refractivity contribution in [1.82, 2.24) is 0 Å². The molecule has 29 valence electrons. The predicted octanol–water partition coefficient (Wildman–Crippen LogP) is -0.885.